The molecular formula is C21H20FN3O2. The lowest BCUT2D eigenvalue weighted by Gasteiger charge is -2.26. The predicted octanol–water partition coefficient (Wildman–Crippen LogP) is 3.74. The van der Waals surface area contributed by atoms with Gasteiger partial charge in [-0.15, -0.1) is 0 Å². The van der Waals surface area contributed by atoms with E-state index in [-0.39, 0.29) is 17.6 Å². The van der Waals surface area contributed by atoms with Crippen molar-refractivity contribution in [3.63, 3.8) is 0 Å². The molecule has 0 aliphatic carbocycles. The van der Waals surface area contributed by atoms with E-state index in [9.17, 15) is 14.0 Å². The first-order valence-electron chi connectivity index (χ1n) is 8.63. The van der Waals surface area contributed by atoms with Crippen LogP contribution in [-0.2, 0) is 0 Å². The second-order valence-corrected chi connectivity index (χ2v) is 6.56. The number of aryl methyl sites for hydroxylation is 1. The van der Waals surface area contributed by atoms with Gasteiger partial charge < -0.3 is 4.90 Å². The van der Waals surface area contributed by atoms with Crippen LogP contribution in [0.25, 0.3) is 5.69 Å². The van der Waals surface area contributed by atoms with E-state index in [0.717, 1.165) is 5.56 Å². The normalized spacial score (nSPS) is 10.9. The lowest BCUT2D eigenvalue weighted by atomic mass is 10.1. The number of benzene rings is 2. The van der Waals surface area contributed by atoms with Gasteiger partial charge >= 0.3 is 0 Å². The molecule has 2 aromatic carbocycles. The summed E-state index contributed by atoms with van der Waals surface area (Å²) in [4.78, 5) is 27.0. The lowest BCUT2D eigenvalue weighted by molar-refractivity contribution is 0.0972. The minimum Gasteiger partial charge on any atom is -0.304 e. The van der Waals surface area contributed by atoms with Crippen molar-refractivity contribution in [1.29, 1.82) is 0 Å². The van der Waals surface area contributed by atoms with Gasteiger partial charge in [0.15, 0.2) is 5.69 Å². The summed E-state index contributed by atoms with van der Waals surface area (Å²) in [7, 11) is 0. The van der Waals surface area contributed by atoms with E-state index in [2.05, 4.69) is 5.10 Å². The number of amides is 1. The van der Waals surface area contributed by atoms with Crippen molar-refractivity contribution in [2.24, 2.45) is 0 Å². The van der Waals surface area contributed by atoms with Crippen LogP contribution in [0.2, 0.25) is 0 Å². The quantitative estimate of drug-likeness (QED) is 0.708. The molecule has 0 saturated heterocycles. The van der Waals surface area contributed by atoms with Gasteiger partial charge in [0.1, 0.15) is 5.82 Å². The van der Waals surface area contributed by atoms with Gasteiger partial charge in [0.25, 0.3) is 5.91 Å². The highest BCUT2D eigenvalue weighted by Gasteiger charge is 2.24. The van der Waals surface area contributed by atoms with E-state index in [0.29, 0.717) is 11.4 Å². The molecule has 0 saturated carbocycles. The molecule has 138 valence electrons. The molecule has 3 aromatic rings. The molecule has 0 fully saturated rings. The lowest BCUT2D eigenvalue weighted by Crippen LogP contribution is -2.40. The monoisotopic (exact) mass is 365 g/mol. The zero-order chi connectivity index (χ0) is 19.6. The first-order valence-corrected chi connectivity index (χ1v) is 8.63. The Hall–Kier alpha value is -3.28. The fourth-order valence-corrected chi connectivity index (χ4v) is 2.84. The molecule has 0 atom stereocenters. The van der Waals surface area contributed by atoms with E-state index in [1.165, 1.54) is 41.2 Å². The Labute approximate surface area is 156 Å². The van der Waals surface area contributed by atoms with Crippen molar-refractivity contribution in [1.82, 2.24) is 9.78 Å². The Kier molecular flexibility index (Phi) is 5.16. The van der Waals surface area contributed by atoms with Crippen molar-refractivity contribution in [3.8, 4) is 5.69 Å². The average Bonchev–Trinajstić information content (AvgIpc) is 2.63. The summed E-state index contributed by atoms with van der Waals surface area (Å²) >= 11 is 0. The maximum Gasteiger partial charge on any atom is 0.283 e. The average molecular weight is 365 g/mol. The number of hydrogen-bond donors (Lipinski definition) is 0. The number of hydrogen-bond acceptors (Lipinski definition) is 3. The van der Waals surface area contributed by atoms with E-state index in [1.54, 1.807) is 4.90 Å². The fraction of sp³-hybridized carbons (Fsp3) is 0.190. The third-order valence-electron chi connectivity index (χ3n) is 4.12. The highest BCUT2D eigenvalue weighted by molar-refractivity contribution is 6.05. The van der Waals surface area contributed by atoms with Crippen LogP contribution in [0.4, 0.5) is 10.1 Å². The number of anilines is 1. The minimum atomic E-state index is -0.475. The molecule has 0 radical (unpaired) electrons. The Bertz CT molecular complexity index is 1030. The Morgan fingerprint density at radius 3 is 2.44 bits per heavy atom. The number of carbonyl (C=O) groups excluding carboxylic acids is 1. The highest BCUT2D eigenvalue weighted by atomic mass is 19.1. The van der Waals surface area contributed by atoms with Crippen molar-refractivity contribution >= 4 is 11.6 Å². The number of rotatable bonds is 4. The second kappa shape index (κ2) is 7.53. The molecule has 0 aliphatic heterocycles. The van der Waals surface area contributed by atoms with Gasteiger partial charge in [0.2, 0.25) is 5.43 Å². The summed E-state index contributed by atoms with van der Waals surface area (Å²) in [5.41, 5.74) is 1.62. The molecule has 1 amide bonds. The molecule has 0 bridgehead atoms. The van der Waals surface area contributed by atoms with Gasteiger partial charge in [-0.3, -0.25) is 9.59 Å². The van der Waals surface area contributed by atoms with E-state index >= 15 is 0 Å². The van der Waals surface area contributed by atoms with Crippen LogP contribution < -0.4 is 10.3 Å². The number of carbonyl (C=O) groups is 1. The minimum absolute atomic E-state index is 0.167. The summed E-state index contributed by atoms with van der Waals surface area (Å²) < 4.78 is 14.5. The molecule has 0 unspecified atom stereocenters. The maximum absolute atomic E-state index is 13.1. The molecule has 0 N–H and O–H groups in total. The third kappa shape index (κ3) is 3.95. The number of nitrogens with zero attached hydrogens (tertiary/aromatic N) is 3. The van der Waals surface area contributed by atoms with Crippen LogP contribution in [0.5, 0.6) is 0 Å². The summed E-state index contributed by atoms with van der Waals surface area (Å²) in [5, 5.41) is 4.21. The maximum atomic E-state index is 13.1. The standard InChI is InChI=1S/C21H20FN3O2/c1-14(2)25(18-6-4-5-15(3)13-18)21(27)20-19(26)11-12-24(23-20)17-9-7-16(22)8-10-17/h4-14H,1-3H3. The molecule has 27 heavy (non-hydrogen) atoms. The Morgan fingerprint density at radius 2 is 1.81 bits per heavy atom. The van der Waals surface area contributed by atoms with Gasteiger partial charge in [-0.2, -0.15) is 5.10 Å². The summed E-state index contributed by atoms with van der Waals surface area (Å²) in [6, 6.07) is 14.3. The largest absolute Gasteiger partial charge is 0.304 e. The van der Waals surface area contributed by atoms with Gasteiger partial charge in [0, 0.05) is 24.0 Å². The van der Waals surface area contributed by atoms with Gasteiger partial charge in [-0.1, -0.05) is 12.1 Å². The molecule has 0 spiro atoms. The Balaban J connectivity index is 2.05. The van der Waals surface area contributed by atoms with Crippen molar-refractivity contribution in [2.45, 2.75) is 26.8 Å². The summed E-state index contributed by atoms with van der Waals surface area (Å²) in [5.74, 6) is -0.849. The van der Waals surface area contributed by atoms with Crippen molar-refractivity contribution in [3.05, 3.63) is 88.1 Å². The van der Waals surface area contributed by atoms with Gasteiger partial charge in [-0.25, -0.2) is 9.07 Å². The SMILES string of the molecule is Cc1cccc(N(C(=O)c2nn(-c3ccc(F)cc3)ccc2=O)C(C)C)c1. The molecular weight excluding hydrogens is 345 g/mol. The van der Waals surface area contributed by atoms with Crippen LogP contribution in [0.3, 0.4) is 0 Å². The molecule has 1 heterocycles. The van der Waals surface area contributed by atoms with E-state index in [4.69, 9.17) is 0 Å². The van der Waals surface area contributed by atoms with Gasteiger partial charge in [0.05, 0.1) is 5.69 Å². The Morgan fingerprint density at radius 1 is 1.11 bits per heavy atom. The predicted molar refractivity (Wildman–Crippen MR) is 103 cm³/mol. The summed E-state index contributed by atoms with van der Waals surface area (Å²) in [6.07, 6.45) is 1.46. The first-order chi connectivity index (χ1) is 12.9. The van der Waals surface area contributed by atoms with Crippen LogP contribution in [-0.4, -0.2) is 21.7 Å². The number of aromatic nitrogens is 2. The van der Waals surface area contributed by atoms with Crippen LogP contribution in [0.1, 0.15) is 29.9 Å². The zero-order valence-corrected chi connectivity index (χ0v) is 15.4. The van der Waals surface area contributed by atoms with Crippen LogP contribution in [0.15, 0.2) is 65.6 Å². The molecule has 1 aromatic heterocycles. The van der Waals surface area contributed by atoms with Crippen molar-refractivity contribution in [2.75, 3.05) is 4.90 Å². The van der Waals surface area contributed by atoms with Crippen molar-refractivity contribution < 1.29 is 9.18 Å². The van der Waals surface area contributed by atoms with E-state index in [1.807, 2.05) is 45.0 Å². The van der Waals surface area contributed by atoms with E-state index < -0.39 is 11.3 Å². The topological polar surface area (TPSA) is 55.2 Å². The van der Waals surface area contributed by atoms with Gasteiger partial charge in [-0.05, 0) is 62.7 Å². The first kappa shape index (κ1) is 18.5. The zero-order valence-electron chi connectivity index (χ0n) is 15.4. The molecule has 6 heteroatoms. The molecule has 0 aliphatic rings. The molecule has 3 rings (SSSR count). The smallest absolute Gasteiger partial charge is 0.283 e. The highest BCUT2D eigenvalue weighted by Crippen LogP contribution is 2.20. The third-order valence-corrected chi connectivity index (χ3v) is 4.12. The van der Waals surface area contributed by atoms with Crippen LogP contribution in [0, 0.1) is 12.7 Å². The summed E-state index contributed by atoms with van der Waals surface area (Å²) in [6.45, 7) is 5.69. The molecule has 5 nitrogen and oxygen atoms in total. The number of halogens is 1. The van der Waals surface area contributed by atoms with Crippen LogP contribution >= 0.6 is 0 Å². The second-order valence-electron chi connectivity index (χ2n) is 6.56. The fourth-order valence-electron chi connectivity index (χ4n) is 2.84.